The molecule has 0 amide bonds. The van der Waals surface area contributed by atoms with Crippen LogP contribution in [0.15, 0.2) is 12.4 Å². The van der Waals surface area contributed by atoms with Crippen molar-refractivity contribution in [2.24, 2.45) is 13.0 Å². The van der Waals surface area contributed by atoms with E-state index in [4.69, 9.17) is 4.98 Å². The second kappa shape index (κ2) is 8.02. The van der Waals surface area contributed by atoms with Gasteiger partial charge in [0.15, 0.2) is 5.82 Å². The molecule has 0 N–H and O–H groups in total. The second-order valence-corrected chi connectivity index (χ2v) is 9.37. The number of aryl methyl sites for hydroxylation is 1. The number of hydrogen-bond acceptors (Lipinski definition) is 4. The van der Waals surface area contributed by atoms with Gasteiger partial charge in [-0.1, -0.05) is 19.3 Å². The molecule has 152 valence electrons. The molecule has 28 heavy (non-hydrogen) atoms. The molecule has 0 atom stereocenters. The van der Waals surface area contributed by atoms with Crippen LogP contribution < -0.4 is 4.90 Å². The van der Waals surface area contributed by atoms with E-state index in [2.05, 4.69) is 32.5 Å². The molecule has 2 aliphatic heterocycles. The van der Waals surface area contributed by atoms with Crippen LogP contribution in [0.1, 0.15) is 69.4 Å². The van der Waals surface area contributed by atoms with Crippen molar-refractivity contribution in [3.8, 4) is 0 Å². The molecule has 2 aromatic rings. The van der Waals surface area contributed by atoms with Gasteiger partial charge in [0.2, 0.25) is 0 Å². The third kappa shape index (κ3) is 3.66. The van der Waals surface area contributed by atoms with E-state index in [1.54, 1.807) is 0 Å². The highest BCUT2D eigenvalue weighted by molar-refractivity contribution is 5.87. The van der Waals surface area contributed by atoms with Gasteiger partial charge < -0.3 is 14.4 Å². The van der Waals surface area contributed by atoms with Crippen LogP contribution in [0.5, 0.6) is 0 Å². The van der Waals surface area contributed by atoms with E-state index >= 15 is 0 Å². The molecule has 3 aliphatic rings. The average molecular weight is 382 g/mol. The van der Waals surface area contributed by atoms with E-state index < -0.39 is 0 Å². The van der Waals surface area contributed by atoms with Crippen LogP contribution in [0, 0.1) is 5.92 Å². The van der Waals surface area contributed by atoms with Crippen molar-refractivity contribution in [2.75, 3.05) is 37.6 Å². The molecular formula is C23H35N5. The average Bonchev–Trinajstić information content (AvgIpc) is 3.39. The first-order chi connectivity index (χ1) is 13.8. The summed E-state index contributed by atoms with van der Waals surface area (Å²) in [5.74, 6) is 2.69. The van der Waals surface area contributed by atoms with E-state index in [-0.39, 0.29) is 0 Å². The molecule has 2 saturated heterocycles. The van der Waals surface area contributed by atoms with Crippen molar-refractivity contribution in [1.82, 2.24) is 19.4 Å². The minimum atomic E-state index is 0.600. The van der Waals surface area contributed by atoms with E-state index in [0.717, 1.165) is 30.3 Å². The normalized spacial score (nSPS) is 23.1. The summed E-state index contributed by atoms with van der Waals surface area (Å²) in [7, 11) is 2.11. The topological polar surface area (TPSA) is 37.2 Å². The van der Waals surface area contributed by atoms with E-state index in [0.29, 0.717) is 5.92 Å². The van der Waals surface area contributed by atoms with Crippen LogP contribution in [0.4, 0.5) is 5.82 Å². The Labute approximate surface area is 169 Å². The third-order valence-electron chi connectivity index (χ3n) is 7.37. The summed E-state index contributed by atoms with van der Waals surface area (Å²) in [5, 5.41) is 0. The zero-order chi connectivity index (χ0) is 18.9. The van der Waals surface area contributed by atoms with Gasteiger partial charge in [-0.05, 0) is 63.6 Å². The number of pyridine rings is 1. The summed E-state index contributed by atoms with van der Waals surface area (Å²) < 4.78 is 2.16. The lowest BCUT2D eigenvalue weighted by atomic mass is 9.87. The number of nitrogens with zero attached hydrogens (tertiary/aromatic N) is 5. The molecule has 0 unspecified atom stereocenters. The highest BCUT2D eigenvalue weighted by Crippen LogP contribution is 2.34. The standard InChI is InChI=1S/C23H35N5/c1-26-17-24-22-21(26)15-20(25-23(22)28-11-5-6-12-28)19-9-13-27(14-10-19)16-18-7-3-2-4-8-18/h15,17-19H,2-14,16H2,1H3. The molecule has 5 heteroatoms. The summed E-state index contributed by atoms with van der Waals surface area (Å²) in [5.41, 5.74) is 3.63. The quantitative estimate of drug-likeness (QED) is 0.790. The van der Waals surface area contributed by atoms with Crippen molar-refractivity contribution >= 4 is 16.9 Å². The van der Waals surface area contributed by atoms with E-state index in [1.807, 2.05) is 6.33 Å². The number of imidazole rings is 1. The van der Waals surface area contributed by atoms with Gasteiger partial charge in [-0.25, -0.2) is 9.97 Å². The lowest BCUT2D eigenvalue weighted by Crippen LogP contribution is -2.37. The third-order valence-corrected chi connectivity index (χ3v) is 7.37. The second-order valence-electron chi connectivity index (χ2n) is 9.37. The molecule has 2 aromatic heterocycles. The SMILES string of the molecule is Cn1cnc2c(N3CCCC3)nc(C3CCN(CC4CCCCC4)CC3)cc21. The van der Waals surface area contributed by atoms with Crippen LogP contribution in [0.3, 0.4) is 0 Å². The monoisotopic (exact) mass is 381 g/mol. The van der Waals surface area contributed by atoms with Crippen molar-refractivity contribution in [3.63, 3.8) is 0 Å². The Morgan fingerprint density at radius 2 is 1.68 bits per heavy atom. The molecule has 4 heterocycles. The minimum absolute atomic E-state index is 0.600. The maximum Gasteiger partial charge on any atom is 0.157 e. The lowest BCUT2D eigenvalue weighted by molar-refractivity contribution is 0.163. The Balaban J connectivity index is 1.31. The van der Waals surface area contributed by atoms with Crippen molar-refractivity contribution < 1.29 is 0 Å². The van der Waals surface area contributed by atoms with Gasteiger partial charge in [-0.2, -0.15) is 0 Å². The minimum Gasteiger partial charge on any atom is -0.355 e. The number of aromatic nitrogens is 3. The van der Waals surface area contributed by atoms with Crippen molar-refractivity contribution in [3.05, 3.63) is 18.1 Å². The number of fused-ring (bicyclic) bond motifs is 1. The summed E-state index contributed by atoms with van der Waals surface area (Å²) in [6, 6.07) is 2.32. The first kappa shape index (κ1) is 18.4. The Morgan fingerprint density at radius 1 is 0.929 bits per heavy atom. The molecule has 3 fully saturated rings. The van der Waals surface area contributed by atoms with Gasteiger partial charge in [0, 0.05) is 38.3 Å². The highest BCUT2D eigenvalue weighted by atomic mass is 15.2. The van der Waals surface area contributed by atoms with E-state index in [9.17, 15) is 0 Å². The van der Waals surface area contributed by atoms with Crippen molar-refractivity contribution in [2.45, 2.75) is 63.7 Å². The summed E-state index contributed by atoms with van der Waals surface area (Å²) in [4.78, 5) is 15.1. The van der Waals surface area contributed by atoms with Gasteiger partial charge >= 0.3 is 0 Å². The number of anilines is 1. The van der Waals surface area contributed by atoms with Crippen molar-refractivity contribution in [1.29, 1.82) is 0 Å². The Hall–Kier alpha value is -1.62. The van der Waals surface area contributed by atoms with Crippen LogP contribution in [0.25, 0.3) is 11.0 Å². The fourth-order valence-corrected chi connectivity index (χ4v) is 5.63. The predicted octanol–water partition coefficient (Wildman–Crippen LogP) is 4.33. The largest absolute Gasteiger partial charge is 0.355 e. The summed E-state index contributed by atoms with van der Waals surface area (Å²) in [6.45, 7) is 6.07. The highest BCUT2D eigenvalue weighted by Gasteiger charge is 2.27. The zero-order valence-corrected chi connectivity index (χ0v) is 17.4. The first-order valence-corrected chi connectivity index (χ1v) is 11.6. The maximum atomic E-state index is 5.19. The predicted molar refractivity (Wildman–Crippen MR) is 115 cm³/mol. The zero-order valence-electron chi connectivity index (χ0n) is 17.4. The first-order valence-electron chi connectivity index (χ1n) is 11.6. The number of piperidine rings is 1. The van der Waals surface area contributed by atoms with Gasteiger partial charge in [-0.15, -0.1) is 0 Å². The molecule has 5 nitrogen and oxygen atoms in total. The van der Waals surface area contributed by atoms with Crippen LogP contribution >= 0.6 is 0 Å². The molecular weight excluding hydrogens is 346 g/mol. The molecule has 5 rings (SSSR count). The van der Waals surface area contributed by atoms with Gasteiger partial charge in [0.25, 0.3) is 0 Å². The molecule has 0 aromatic carbocycles. The van der Waals surface area contributed by atoms with Crippen LogP contribution in [0.2, 0.25) is 0 Å². The van der Waals surface area contributed by atoms with Gasteiger partial charge in [-0.3, -0.25) is 0 Å². The maximum absolute atomic E-state index is 5.19. The van der Waals surface area contributed by atoms with Crippen LogP contribution in [-0.4, -0.2) is 52.2 Å². The van der Waals surface area contributed by atoms with Crippen LogP contribution in [-0.2, 0) is 7.05 Å². The molecule has 0 bridgehead atoms. The number of hydrogen-bond donors (Lipinski definition) is 0. The summed E-state index contributed by atoms with van der Waals surface area (Å²) >= 11 is 0. The smallest absolute Gasteiger partial charge is 0.157 e. The number of likely N-dealkylation sites (tertiary alicyclic amines) is 1. The molecule has 1 saturated carbocycles. The summed E-state index contributed by atoms with van der Waals surface area (Å²) in [6.07, 6.45) is 14.3. The number of rotatable bonds is 4. The molecule has 0 radical (unpaired) electrons. The van der Waals surface area contributed by atoms with E-state index in [1.165, 1.54) is 88.6 Å². The fraction of sp³-hybridized carbons (Fsp3) is 0.739. The Morgan fingerprint density at radius 3 is 2.43 bits per heavy atom. The van der Waals surface area contributed by atoms with Gasteiger partial charge in [0.1, 0.15) is 5.52 Å². The molecule has 1 aliphatic carbocycles. The van der Waals surface area contributed by atoms with Gasteiger partial charge in [0.05, 0.1) is 11.8 Å². The Bertz CT molecular complexity index is 793. The lowest BCUT2D eigenvalue weighted by Gasteiger charge is -2.35. The fourth-order valence-electron chi connectivity index (χ4n) is 5.63. The Kier molecular flexibility index (Phi) is 5.27. The molecule has 0 spiro atoms.